The van der Waals surface area contributed by atoms with Crippen LogP contribution in [0.3, 0.4) is 0 Å². The number of pyridine rings is 1. The van der Waals surface area contributed by atoms with Gasteiger partial charge in [0.1, 0.15) is 11.3 Å². The molecule has 29 heavy (non-hydrogen) atoms. The Labute approximate surface area is 175 Å². The number of halogens is 1. The van der Waals surface area contributed by atoms with Crippen molar-refractivity contribution in [3.8, 4) is 11.3 Å². The number of furan rings is 1. The first-order chi connectivity index (χ1) is 14.0. The number of hydrogen-bond donors (Lipinski definition) is 0. The lowest BCUT2D eigenvalue weighted by molar-refractivity contribution is 0.0990. The molecule has 4 aromatic rings. The van der Waals surface area contributed by atoms with Crippen LogP contribution >= 0.6 is 22.9 Å². The summed E-state index contributed by atoms with van der Waals surface area (Å²) in [7, 11) is 0. The molecular weight excluding hydrogens is 406 g/mol. The molecule has 0 spiro atoms. The van der Waals surface area contributed by atoms with Crippen LogP contribution in [-0.2, 0) is 6.42 Å². The number of rotatable bonds is 3. The van der Waals surface area contributed by atoms with Gasteiger partial charge in [-0.25, -0.2) is 0 Å². The number of thiophene rings is 1. The molecule has 1 aliphatic carbocycles. The van der Waals surface area contributed by atoms with Crippen LogP contribution in [0.25, 0.3) is 27.7 Å². The topological polar surface area (TPSA) is 60.2 Å². The molecule has 5 rings (SSSR count). The van der Waals surface area contributed by atoms with Gasteiger partial charge in [-0.2, -0.15) is 0 Å². The molecule has 0 aliphatic heterocycles. The summed E-state index contributed by atoms with van der Waals surface area (Å²) in [5.41, 5.74) is 3.46. The first-order valence-electron chi connectivity index (χ1n) is 9.12. The molecule has 0 atom stereocenters. The number of aryl methyl sites for hydroxylation is 1. The van der Waals surface area contributed by atoms with Gasteiger partial charge in [0.15, 0.2) is 11.6 Å². The third-order valence-corrected chi connectivity index (χ3v) is 6.37. The number of allylic oxidation sites excluding steroid dienone is 1. The lowest BCUT2D eigenvalue weighted by atomic mass is 10.0. The van der Waals surface area contributed by atoms with Crippen molar-refractivity contribution in [2.75, 3.05) is 0 Å². The molecule has 0 radical (unpaired) electrons. The fraction of sp³-hybridized carbons (Fsp3) is 0.0870. The maximum atomic E-state index is 12.8. The Hall–Kier alpha value is -3.02. The number of ketones is 2. The Bertz CT molecular complexity index is 1300. The lowest BCUT2D eigenvalue weighted by Gasteiger charge is -2.03. The van der Waals surface area contributed by atoms with Crippen molar-refractivity contribution >= 4 is 50.9 Å². The maximum absolute atomic E-state index is 12.8. The molecule has 0 bridgehead atoms. The third-order valence-electron chi connectivity index (χ3n) is 5.00. The first-order valence-corrected chi connectivity index (χ1v) is 10.3. The number of aromatic nitrogens is 1. The summed E-state index contributed by atoms with van der Waals surface area (Å²) in [4.78, 5) is 30.5. The van der Waals surface area contributed by atoms with Crippen LogP contribution in [0, 0.1) is 0 Å². The predicted molar refractivity (Wildman–Crippen MR) is 115 cm³/mol. The molecule has 0 fully saturated rings. The number of carbonyl (C=O) groups excluding carboxylic acids is 2. The van der Waals surface area contributed by atoms with E-state index in [2.05, 4.69) is 4.98 Å². The van der Waals surface area contributed by atoms with Crippen LogP contribution in [0.1, 0.15) is 38.1 Å². The van der Waals surface area contributed by atoms with Crippen LogP contribution in [0.5, 0.6) is 0 Å². The highest BCUT2D eigenvalue weighted by Gasteiger charge is 2.34. The van der Waals surface area contributed by atoms with Gasteiger partial charge in [0.05, 0.1) is 10.3 Å². The average Bonchev–Trinajstić information content (AvgIpc) is 3.36. The van der Waals surface area contributed by atoms with Gasteiger partial charge in [-0.05, 0) is 48.4 Å². The van der Waals surface area contributed by atoms with Gasteiger partial charge in [-0.3, -0.25) is 14.6 Å². The smallest absolute Gasteiger partial charge is 0.197 e. The van der Waals surface area contributed by atoms with Crippen molar-refractivity contribution < 1.29 is 14.0 Å². The average molecular weight is 420 g/mol. The summed E-state index contributed by atoms with van der Waals surface area (Å²) < 4.78 is 6.86. The van der Waals surface area contributed by atoms with Crippen molar-refractivity contribution in [3.05, 3.63) is 81.0 Å². The number of Topliss-reactive ketones (excluding diaryl/α,β-unsaturated/α-hetero) is 2. The Morgan fingerprint density at radius 2 is 1.93 bits per heavy atom. The Kier molecular flexibility index (Phi) is 4.23. The van der Waals surface area contributed by atoms with Crippen LogP contribution in [0.2, 0.25) is 5.02 Å². The predicted octanol–water partition coefficient (Wildman–Crippen LogP) is 6.23. The Balaban J connectivity index is 1.52. The van der Waals surface area contributed by atoms with Crippen molar-refractivity contribution in [1.29, 1.82) is 0 Å². The molecule has 0 unspecified atom stereocenters. The zero-order valence-corrected chi connectivity index (χ0v) is 16.9. The molecule has 4 nitrogen and oxygen atoms in total. The molecular formula is C23H14ClNO3S. The van der Waals surface area contributed by atoms with Crippen LogP contribution in [0.15, 0.2) is 58.8 Å². The summed E-state index contributed by atoms with van der Waals surface area (Å²) in [6.07, 6.45) is 5.80. The third kappa shape index (κ3) is 2.94. The summed E-state index contributed by atoms with van der Waals surface area (Å²) in [6.45, 7) is 1.96. The van der Waals surface area contributed by atoms with E-state index in [0.29, 0.717) is 28.2 Å². The molecule has 142 valence electrons. The van der Waals surface area contributed by atoms with Gasteiger partial charge in [0.25, 0.3) is 0 Å². The van der Waals surface area contributed by atoms with Gasteiger partial charge in [-0.1, -0.05) is 18.5 Å². The summed E-state index contributed by atoms with van der Waals surface area (Å²) >= 11 is 7.71. The second-order valence-electron chi connectivity index (χ2n) is 6.79. The zero-order chi connectivity index (χ0) is 20.1. The van der Waals surface area contributed by atoms with Gasteiger partial charge in [-0.15, -0.1) is 11.3 Å². The van der Waals surface area contributed by atoms with Gasteiger partial charge >= 0.3 is 0 Å². The van der Waals surface area contributed by atoms with Gasteiger partial charge < -0.3 is 4.42 Å². The highest BCUT2D eigenvalue weighted by molar-refractivity contribution is 7.19. The van der Waals surface area contributed by atoms with E-state index in [9.17, 15) is 9.59 Å². The van der Waals surface area contributed by atoms with Gasteiger partial charge in [0.2, 0.25) is 0 Å². The van der Waals surface area contributed by atoms with Crippen molar-refractivity contribution in [1.82, 2.24) is 4.98 Å². The van der Waals surface area contributed by atoms with Gasteiger partial charge in [0, 0.05) is 45.1 Å². The van der Waals surface area contributed by atoms with E-state index in [-0.39, 0.29) is 17.1 Å². The normalized spacial score (nSPS) is 14.9. The van der Waals surface area contributed by atoms with Crippen LogP contribution in [-0.4, -0.2) is 16.6 Å². The molecule has 3 aromatic heterocycles. The number of fused-ring (bicyclic) bond motifs is 2. The van der Waals surface area contributed by atoms with E-state index in [1.165, 1.54) is 11.3 Å². The monoisotopic (exact) mass is 419 g/mol. The zero-order valence-electron chi connectivity index (χ0n) is 15.4. The molecule has 1 aromatic carbocycles. The highest BCUT2D eigenvalue weighted by atomic mass is 35.5. The van der Waals surface area contributed by atoms with E-state index < -0.39 is 0 Å². The maximum Gasteiger partial charge on any atom is 0.197 e. The summed E-state index contributed by atoms with van der Waals surface area (Å²) in [5.74, 6) is 0.203. The highest BCUT2D eigenvalue weighted by Crippen LogP contribution is 2.37. The second kappa shape index (κ2) is 6.79. The van der Waals surface area contributed by atoms with E-state index in [4.69, 9.17) is 16.0 Å². The SMILES string of the molecule is CCc1cc2c(cc1Cl)C(=O)/C(=C\c1cc3oc(-c4cccnc4)cc3s1)C2=O. The minimum Gasteiger partial charge on any atom is -0.455 e. The number of nitrogens with zero attached hydrogens (tertiary/aromatic N) is 1. The largest absolute Gasteiger partial charge is 0.455 e. The molecule has 0 saturated heterocycles. The quantitative estimate of drug-likeness (QED) is 0.291. The van der Waals surface area contributed by atoms with Crippen molar-refractivity contribution in [3.63, 3.8) is 0 Å². The summed E-state index contributed by atoms with van der Waals surface area (Å²) in [5, 5.41) is 0.519. The van der Waals surface area contributed by atoms with E-state index in [1.807, 2.05) is 31.2 Å². The Morgan fingerprint density at radius 3 is 2.62 bits per heavy atom. The van der Waals surface area contributed by atoms with Crippen molar-refractivity contribution in [2.24, 2.45) is 0 Å². The standard InChI is InChI=1S/C23H14ClNO3S/c1-2-12-6-15-16(9-18(12)24)23(27)17(22(15)26)7-14-8-20-21(29-14)10-19(28-20)13-4-3-5-25-11-13/h3-11H,2H2,1H3/b17-7-. The molecule has 0 N–H and O–H groups in total. The number of hydrogen-bond acceptors (Lipinski definition) is 5. The first kappa shape index (κ1) is 18.0. The minimum absolute atomic E-state index is 0.167. The lowest BCUT2D eigenvalue weighted by Crippen LogP contribution is -1.99. The van der Waals surface area contributed by atoms with Crippen LogP contribution in [0.4, 0.5) is 0 Å². The fourth-order valence-electron chi connectivity index (χ4n) is 3.51. The van der Waals surface area contributed by atoms with E-state index in [1.54, 1.807) is 30.6 Å². The molecule has 0 amide bonds. The second-order valence-corrected chi connectivity index (χ2v) is 8.31. The van der Waals surface area contributed by atoms with Crippen LogP contribution < -0.4 is 0 Å². The Morgan fingerprint density at radius 1 is 1.14 bits per heavy atom. The van der Waals surface area contributed by atoms with E-state index >= 15 is 0 Å². The minimum atomic E-state index is -0.282. The molecule has 0 saturated carbocycles. The number of carbonyl (C=O) groups is 2. The summed E-state index contributed by atoms with van der Waals surface area (Å²) in [6, 6.07) is 10.9. The number of benzene rings is 1. The molecule has 6 heteroatoms. The molecule has 3 heterocycles. The molecule has 1 aliphatic rings. The van der Waals surface area contributed by atoms with E-state index in [0.717, 1.165) is 26.5 Å². The van der Waals surface area contributed by atoms with Crippen molar-refractivity contribution in [2.45, 2.75) is 13.3 Å². The fourth-order valence-corrected chi connectivity index (χ4v) is 4.77.